The molecule has 2 aliphatic heterocycles. The maximum Gasteiger partial charge on any atom is 0.174 e. The molecule has 0 aliphatic carbocycles. The third-order valence-corrected chi connectivity index (χ3v) is 6.34. The summed E-state index contributed by atoms with van der Waals surface area (Å²) in [5.41, 5.74) is 5.02. The number of nitrogens with one attached hydrogen (secondary N) is 1. The van der Waals surface area contributed by atoms with Crippen LogP contribution in [-0.4, -0.2) is 20.8 Å². The van der Waals surface area contributed by atoms with Crippen LogP contribution in [0.5, 0.6) is 11.5 Å². The van der Waals surface area contributed by atoms with Crippen LogP contribution >= 0.6 is 15.9 Å². The van der Waals surface area contributed by atoms with Crippen LogP contribution < -0.4 is 14.8 Å². The molecule has 1 fully saturated rings. The van der Waals surface area contributed by atoms with Crippen molar-refractivity contribution in [3.8, 4) is 11.5 Å². The molecule has 27 heavy (non-hydrogen) atoms. The molecular weight excluding hydrogens is 406 g/mol. The van der Waals surface area contributed by atoms with Crippen LogP contribution in [0.2, 0.25) is 0 Å². The van der Waals surface area contributed by atoms with Gasteiger partial charge in [0.2, 0.25) is 0 Å². The van der Waals surface area contributed by atoms with Crippen LogP contribution in [-0.2, 0) is 11.2 Å². The van der Waals surface area contributed by atoms with Crippen molar-refractivity contribution in [1.29, 1.82) is 0 Å². The first-order chi connectivity index (χ1) is 13.2. The van der Waals surface area contributed by atoms with Gasteiger partial charge in [-0.25, -0.2) is 0 Å². The average molecular weight is 432 g/mol. The summed E-state index contributed by atoms with van der Waals surface area (Å²) in [6.45, 7) is 3.03. The molecule has 0 amide bonds. The van der Waals surface area contributed by atoms with Gasteiger partial charge in [-0.1, -0.05) is 19.1 Å². The van der Waals surface area contributed by atoms with Crippen molar-refractivity contribution in [3.05, 3.63) is 51.5 Å². The highest BCUT2D eigenvalue weighted by atomic mass is 79.9. The van der Waals surface area contributed by atoms with Gasteiger partial charge in [-0.05, 0) is 64.5 Å². The SMILES string of the molecule is CCc1ccc2c(c1)C1OCCCC1C(c1cc(Br)c(OC)c(OC)c1)N2. The largest absolute Gasteiger partial charge is 0.493 e. The van der Waals surface area contributed by atoms with E-state index in [1.807, 2.05) is 0 Å². The van der Waals surface area contributed by atoms with Crippen LogP contribution in [0.3, 0.4) is 0 Å². The van der Waals surface area contributed by atoms with Gasteiger partial charge < -0.3 is 19.5 Å². The van der Waals surface area contributed by atoms with E-state index in [-0.39, 0.29) is 12.1 Å². The zero-order chi connectivity index (χ0) is 19.0. The minimum atomic E-state index is 0.137. The van der Waals surface area contributed by atoms with E-state index in [0.29, 0.717) is 5.92 Å². The van der Waals surface area contributed by atoms with Crippen molar-refractivity contribution in [1.82, 2.24) is 0 Å². The number of rotatable bonds is 4. The molecule has 144 valence electrons. The van der Waals surface area contributed by atoms with Gasteiger partial charge in [-0.15, -0.1) is 0 Å². The normalized spacial score (nSPS) is 23.8. The quantitative estimate of drug-likeness (QED) is 0.677. The van der Waals surface area contributed by atoms with Gasteiger partial charge in [0.05, 0.1) is 30.8 Å². The molecule has 2 aliphatic rings. The second-order valence-corrected chi connectivity index (χ2v) is 8.09. The van der Waals surface area contributed by atoms with E-state index in [0.717, 1.165) is 41.8 Å². The summed E-state index contributed by atoms with van der Waals surface area (Å²) >= 11 is 3.64. The van der Waals surface area contributed by atoms with E-state index in [1.54, 1.807) is 14.2 Å². The van der Waals surface area contributed by atoms with Gasteiger partial charge >= 0.3 is 0 Å². The van der Waals surface area contributed by atoms with Crippen molar-refractivity contribution < 1.29 is 14.2 Å². The van der Waals surface area contributed by atoms with Gasteiger partial charge in [0, 0.05) is 23.8 Å². The van der Waals surface area contributed by atoms with Gasteiger partial charge in [-0.2, -0.15) is 0 Å². The van der Waals surface area contributed by atoms with Gasteiger partial charge in [0.15, 0.2) is 11.5 Å². The van der Waals surface area contributed by atoms with Gasteiger partial charge in [-0.3, -0.25) is 0 Å². The number of halogens is 1. The Morgan fingerprint density at radius 3 is 2.78 bits per heavy atom. The number of methoxy groups -OCH3 is 2. The van der Waals surface area contributed by atoms with Crippen LogP contribution in [0.1, 0.15) is 48.6 Å². The van der Waals surface area contributed by atoms with Crippen LogP contribution in [0, 0.1) is 5.92 Å². The molecule has 1 N–H and O–H groups in total. The van der Waals surface area contributed by atoms with Crippen molar-refractivity contribution in [2.45, 2.75) is 38.3 Å². The zero-order valence-corrected chi connectivity index (χ0v) is 17.6. The molecule has 4 rings (SSSR count). The summed E-state index contributed by atoms with van der Waals surface area (Å²) < 4.78 is 18.2. The minimum Gasteiger partial charge on any atom is -0.493 e. The van der Waals surface area contributed by atoms with Gasteiger partial charge in [0.25, 0.3) is 0 Å². The molecule has 0 saturated carbocycles. The molecule has 2 aromatic rings. The van der Waals surface area contributed by atoms with Crippen LogP contribution in [0.25, 0.3) is 0 Å². The third kappa shape index (κ3) is 3.32. The second-order valence-electron chi connectivity index (χ2n) is 7.23. The lowest BCUT2D eigenvalue weighted by molar-refractivity contribution is -0.0382. The first-order valence-electron chi connectivity index (χ1n) is 9.58. The summed E-state index contributed by atoms with van der Waals surface area (Å²) in [5, 5.41) is 3.78. The Labute approximate surface area is 169 Å². The van der Waals surface area contributed by atoms with E-state index >= 15 is 0 Å². The first kappa shape index (κ1) is 18.6. The first-order valence-corrected chi connectivity index (χ1v) is 10.4. The number of ether oxygens (including phenoxy) is 3. The van der Waals surface area contributed by atoms with E-state index in [4.69, 9.17) is 14.2 Å². The Balaban J connectivity index is 1.78. The molecule has 0 bridgehead atoms. The van der Waals surface area contributed by atoms with Crippen molar-refractivity contribution in [2.24, 2.45) is 5.92 Å². The summed E-state index contributed by atoms with van der Waals surface area (Å²) in [4.78, 5) is 0. The molecule has 4 nitrogen and oxygen atoms in total. The van der Waals surface area contributed by atoms with E-state index in [1.165, 1.54) is 22.4 Å². The predicted octanol–water partition coefficient (Wildman–Crippen LogP) is 5.66. The fourth-order valence-corrected chi connectivity index (χ4v) is 5.01. The number of anilines is 1. The molecule has 3 atom stereocenters. The standard InChI is InChI=1S/C22H26BrNO3/c1-4-13-7-8-18-16(10-13)21-15(6-5-9-27-21)20(24-18)14-11-17(23)22(26-3)19(12-14)25-2/h7-8,10-12,15,20-21,24H,4-6,9H2,1-3H3. The lowest BCUT2D eigenvalue weighted by atomic mass is 9.77. The van der Waals surface area contributed by atoms with E-state index in [9.17, 15) is 0 Å². The molecule has 1 saturated heterocycles. The molecule has 5 heteroatoms. The molecule has 0 radical (unpaired) electrons. The minimum absolute atomic E-state index is 0.137. The Morgan fingerprint density at radius 2 is 2.04 bits per heavy atom. The summed E-state index contributed by atoms with van der Waals surface area (Å²) in [6, 6.07) is 11.1. The van der Waals surface area contributed by atoms with Crippen molar-refractivity contribution in [3.63, 3.8) is 0 Å². The maximum absolute atomic E-state index is 6.28. The molecule has 0 spiro atoms. The monoisotopic (exact) mass is 431 g/mol. The molecule has 3 unspecified atom stereocenters. The molecule has 2 heterocycles. The summed E-state index contributed by atoms with van der Waals surface area (Å²) in [6.07, 6.45) is 3.41. The summed E-state index contributed by atoms with van der Waals surface area (Å²) in [5.74, 6) is 1.86. The predicted molar refractivity (Wildman–Crippen MR) is 111 cm³/mol. The highest BCUT2D eigenvalue weighted by Gasteiger charge is 2.40. The Kier molecular flexibility index (Phi) is 5.33. The van der Waals surface area contributed by atoms with Crippen LogP contribution in [0.4, 0.5) is 5.69 Å². The Morgan fingerprint density at radius 1 is 1.19 bits per heavy atom. The molecule has 0 aromatic heterocycles. The lowest BCUT2D eigenvalue weighted by Gasteiger charge is -2.43. The van der Waals surface area contributed by atoms with E-state index in [2.05, 4.69) is 58.5 Å². The number of fused-ring (bicyclic) bond motifs is 3. The highest BCUT2D eigenvalue weighted by Crippen LogP contribution is 2.50. The number of hydrogen-bond donors (Lipinski definition) is 1. The average Bonchev–Trinajstić information content (AvgIpc) is 2.72. The van der Waals surface area contributed by atoms with Gasteiger partial charge in [0.1, 0.15) is 0 Å². The Hall–Kier alpha value is -1.72. The van der Waals surface area contributed by atoms with Crippen molar-refractivity contribution in [2.75, 3.05) is 26.1 Å². The molecule has 2 aromatic carbocycles. The highest BCUT2D eigenvalue weighted by molar-refractivity contribution is 9.10. The fourth-order valence-electron chi connectivity index (χ4n) is 4.39. The third-order valence-electron chi connectivity index (χ3n) is 5.75. The topological polar surface area (TPSA) is 39.7 Å². The van der Waals surface area contributed by atoms with Crippen LogP contribution in [0.15, 0.2) is 34.8 Å². The lowest BCUT2D eigenvalue weighted by Crippen LogP contribution is -2.36. The van der Waals surface area contributed by atoms with E-state index < -0.39 is 0 Å². The maximum atomic E-state index is 6.28. The summed E-state index contributed by atoms with van der Waals surface area (Å²) in [7, 11) is 3.34. The zero-order valence-electron chi connectivity index (χ0n) is 16.0. The smallest absolute Gasteiger partial charge is 0.174 e. The van der Waals surface area contributed by atoms with Crippen molar-refractivity contribution >= 4 is 21.6 Å². The number of aryl methyl sites for hydroxylation is 1. The fraction of sp³-hybridized carbons (Fsp3) is 0.455. The number of hydrogen-bond acceptors (Lipinski definition) is 4. The Bertz CT molecular complexity index is 839. The molecular formula is C22H26BrNO3. The second kappa shape index (κ2) is 7.72. The number of benzene rings is 2.